The van der Waals surface area contributed by atoms with Gasteiger partial charge in [-0.2, -0.15) is 18.3 Å². The molecule has 20 heavy (non-hydrogen) atoms. The second-order valence-corrected chi connectivity index (χ2v) is 4.86. The minimum Gasteiger partial charge on any atom is -0.273 e. The highest BCUT2D eigenvalue weighted by molar-refractivity contribution is 5.82. The topological polar surface area (TPSA) is 28.7 Å². The fourth-order valence-electron chi connectivity index (χ4n) is 2.57. The molecule has 104 valence electrons. The van der Waals surface area contributed by atoms with Crippen molar-refractivity contribution in [3.05, 3.63) is 52.8 Å². The van der Waals surface area contributed by atoms with Gasteiger partial charge in [-0.05, 0) is 36.5 Å². The van der Waals surface area contributed by atoms with Crippen LogP contribution in [0.2, 0.25) is 0 Å². The molecule has 1 heterocycles. The van der Waals surface area contributed by atoms with Gasteiger partial charge in [0.05, 0.1) is 5.69 Å². The molecular formula is C15H13F3N2. The normalized spacial score (nSPS) is 17.2. The Labute approximate surface area is 114 Å². The van der Waals surface area contributed by atoms with E-state index in [0.29, 0.717) is 24.1 Å². The van der Waals surface area contributed by atoms with Crippen LogP contribution in [-0.4, -0.2) is 10.2 Å². The van der Waals surface area contributed by atoms with Crippen LogP contribution in [0.5, 0.6) is 0 Å². The molecule has 0 unspecified atom stereocenters. The molecule has 0 fully saturated rings. The average Bonchev–Trinajstić information content (AvgIpc) is 2.85. The van der Waals surface area contributed by atoms with E-state index in [4.69, 9.17) is 0 Å². The van der Waals surface area contributed by atoms with Crippen LogP contribution in [0.25, 0.3) is 11.6 Å². The number of hydrogen-bond donors (Lipinski definition) is 1. The highest BCUT2D eigenvalue weighted by Crippen LogP contribution is 2.38. The maximum absolute atomic E-state index is 12.9. The van der Waals surface area contributed by atoms with Gasteiger partial charge in [0.2, 0.25) is 0 Å². The Morgan fingerprint density at radius 2 is 1.85 bits per heavy atom. The quantitative estimate of drug-likeness (QED) is 0.827. The predicted octanol–water partition coefficient (Wildman–Crippen LogP) is 4.31. The lowest BCUT2D eigenvalue weighted by Crippen LogP contribution is -2.11. The molecule has 2 aromatic rings. The third-order valence-electron chi connectivity index (χ3n) is 3.47. The Morgan fingerprint density at radius 3 is 2.55 bits per heavy atom. The number of benzene rings is 1. The van der Waals surface area contributed by atoms with E-state index in [9.17, 15) is 13.2 Å². The third-order valence-corrected chi connectivity index (χ3v) is 3.47. The summed E-state index contributed by atoms with van der Waals surface area (Å²) >= 11 is 0. The van der Waals surface area contributed by atoms with Crippen LogP contribution in [0.3, 0.4) is 0 Å². The van der Waals surface area contributed by atoms with Gasteiger partial charge >= 0.3 is 6.18 Å². The molecule has 0 saturated heterocycles. The van der Waals surface area contributed by atoms with E-state index in [0.717, 1.165) is 17.6 Å². The Hall–Kier alpha value is -2.04. The number of aromatic amines is 1. The molecule has 1 aromatic carbocycles. The van der Waals surface area contributed by atoms with Crippen molar-refractivity contribution in [2.45, 2.75) is 25.4 Å². The zero-order valence-corrected chi connectivity index (χ0v) is 10.7. The lowest BCUT2D eigenvalue weighted by Gasteiger charge is -2.15. The molecule has 1 aliphatic rings. The van der Waals surface area contributed by atoms with E-state index in [2.05, 4.69) is 10.2 Å². The van der Waals surface area contributed by atoms with E-state index < -0.39 is 11.9 Å². The first-order valence-corrected chi connectivity index (χ1v) is 6.46. The minimum atomic E-state index is -4.37. The highest BCUT2D eigenvalue weighted by atomic mass is 19.4. The van der Waals surface area contributed by atoms with Gasteiger partial charge in [0.15, 0.2) is 0 Å². The molecule has 5 heteroatoms. The highest BCUT2D eigenvalue weighted by Gasteiger charge is 2.38. The molecule has 1 N–H and O–H groups in total. The van der Waals surface area contributed by atoms with Gasteiger partial charge in [0.1, 0.15) is 5.69 Å². The van der Waals surface area contributed by atoms with Crippen molar-refractivity contribution in [2.24, 2.45) is 0 Å². The zero-order chi connectivity index (χ0) is 14.2. The Kier molecular flexibility index (Phi) is 3.12. The summed E-state index contributed by atoms with van der Waals surface area (Å²) in [5, 5.41) is 6.04. The smallest absolute Gasteiger partial charge is 0.273 e. The Balaban J connectivity index is 2.04. The summed E-state index contributed by atoms with van der Waals surface area (Å²) in [6.07, 6.45) is -0.556. The first-order chi connectivity index (χ1) is 9.55. The fourth-order valence-corrected chi connectivity index (χ4v) is 2.57. The minimum absolute atomic E-state index is 0.297. The van der Waals surface area contributed by atoms with Crippen LogP contribution in [-0.2, 0) is 12.6 Å². The standard InChI is InChI=1S/C15H13F3N2/c16-15(17,18)14-12-8-4-7-11(13(12)19-20-14)9-10-5-2-1-3-6-10/h1-3,5-6,9H,4,7-8H2,(H,19,20)/b11-9+. The molecule has 0 radical (unpaired) electrons. The second kappa shape index (κ2) is 4.81. The van der Waals surface area contributed by atoms with Crippen molar-refractivity contribution in [1.82, 2.24) is 10.2 Å². The summed E-state index contributed by atoms with van der Waals surface area (Å²) in [5.41, 5.74) is 1.90. The van der Waals surface area contributed by atoms with Crippen molar-refractivity contribution in [1.29, 1.82) is 0 Å². The summed E-state index contributed by atoms with van der Waals surface area (Å²) in [4.78, 5) is 0. The van der Waals surface area contributed by atoms with Crippen LogP contribution < -0.4 is 0 Å². The number of nitrogens with one attached hydrogen (secondary N) is 1. The number of aromatic nitrogens is 2. The van der Waals surface area contributed by atoms with E-state index in [-0.39, 0.29) is 0 Å². The first-order valence-electron chi connectivity index (χ1n) is 6.46. The maximum Gasteiger partial charge on any atom is 0.433 e. The number of allylic oxidation sites excluding steroid dienone is 1. The van der Waals surface area contributed by atoms with Crippen molar-refractivity contribution in [3.63, 3.8) is 0 Å². The summed E-state index contributed by atoms with van der Waals surface area (Å²) in [7, 11) is 0. The monoisotopic (exact) mass is 278 g/mol. The largest absolute Gasteiger partial charge is 0.433 e. The second-order valence-electron chi connectivity index (χ2n) is 4.86. The average molecular weight is 278 g/mol. The summed E-state index contributed by atoms with van der Waals surface area (Å²) in [5.74, 6) is 0. The number of fused-ring (bicyclic) bond motifs is 1. The van der Waals surface area contributed by atoms with Crippen LogP contribution in [0, 0.1) is 0 Å². The van der Waals surface area contributed by atoms with Crippen LogP contribution >= 0.6 is 0 Å². The number of nitrogens with zero attached hydrogens (tertiary/aromatic N) is 1. The molecule has 3 rings (SSSR count). The summed E-state index contributed by atoms with van der Waals surface area (Å²) in [6, 6.07) is 9.57. The number of alkyl halides is 3. The van der Waals surface area contributed by atoms with Crippen LogP contribution in [0.4, 0.5) is 13.2 Å². The van der Waals surface area contributed by atoms with Crippen molar-refractivity contribution < 1.29 is 13.2 Å². The van der Waals surface area contributed by atoms with Crippen molar-refractivity contribution in [2.75, 3.05) is 0 Å². The van der Waals surface area contributed by atoms with E-state index in [1.165, 1.54) is 0 Å². The molecule has 0 amide bonds. The predicted molar refractivity (Wildman–Crippen MR) is 70.8 cm³/mol. The van der Waals surface area contributed by atoms with Gasteiger partial charge in [-0.1, -0.05) is 30.3 Å². The van der Waals surface area contributed by atoms with Gasteiger partial charge in [0.25, 0.3) is 0 Å². The van der Waals surface area contributed by atoms with E-state index >= 15 is 0 Å². The molecule has 0 spiro atoms. The molecular weight excluding hydrogens is 265 g/mol. The van der Waals surface area contributed by atoms with Crippen molar-refractivity contribution >= 4 is 11.6 Å². The fraction of sp³-hybridized carbons (Fsp3) is 0.267. The summed E-state index contributed by atoms with van der Waals surface area (Å²) in [6.45, 7) is 0. The zero-order valence-electron chi connectivity index (χ0n) is 10.7. The molecule has 0 atom stereocenters. The first kappa shape index (κ1) is 13.0. The summed E-state index contributed by atoms with van der Waals surface area (Å²) < 4.78 is 38.6. The lowest BCUT2D eigenvalue weighted by atomic mass is 9.90. The molecule has 1 aromatic heterocycles. The Morgan fingerprint density at radius 1 is 1.10 bits per heavy atom. The number of hydrogen-bond acceptors (Lipinski definition) is 1. The number of rotatable bonds is 1. The number of halogens is 3. The molecule has 0 aliphatic heterocycles. The van der Waals surface area contributed by atoms with Gasteiger partial charge in [0, 0.05) is 5.56 Å². The third kappa shape index (κ3) is 2.35. The van der Waals surface area contributed by atoms with Gasteiger partial charge in [-0.15, -0.1) is 0 Å². The van der Waals surface area contributed by atoms with Crippen LogP contribution in [0.15, 0.2) is 30.3 Å². The lowest BCUT2D eigenvalue weighted by molar-refractivity contribution is -0.141. The molecule has 2 nitrogen and oxygen atoms in total. The number of H-pyrrole nitrogens is 1. The van der Waals surface area contributed by atoms with Gasteiger partial charge in [-0.25, -0.2) is 0 Å². The molecule has 1 aliphatic carbocycles. The Bertz CT molecular complexity index is 639. The maximum atomic E-state index is 12.9. The SMILES string of the molecule is FC(F)(F)c1[nH]nc2c1CCC/C2=C\c1ccccc1. The van der Waals surface area contributed by atoms with Gasteiger partial charge < -0.3 is 0 Å². The van der Waals surface area contributed by atoms with E-state index in [1.807, 2.05) is 36.4 Å². The van der Waals surface area contributed by atoms with Crippen LogP contribution in [0.1, 0.15) is 35.4 Å². The van der Waals surface area contributed by atoms with Crippen molar-refractivity contribution in [3.8, 4) is 0 Å². The molecule has 0 saturated carbocycles. The van der Waals surface area contributed by atoms with E-state index in [1.54, 1.807) is 0 Å². The van der Waals surface area contributed by atoms with Gasteiger partial charge in [-0.3, -0.25) is 5.10 Å². The molecule has 0 bridgehead atoms.